The fourth-order valence-corrected chi connectivity index (χ4v) is 2.41. The summed E-state index contributed by atoms with van der Waals surface area (Å²) in [6.45, 7) is 3.85. The number of hydrogen-bond donors (Lipinski definition) is 1. The second-order valence-corrected chi connectivity index (χ2v) is 5.58. The highest BCUT2D eigenvalue weighted by Crippen LogP contribution is 2.26. The fourth-order valence-electron chi connectivity index (χ4n) is 1.82. The van der Waals surface area contributed by atoms with Gasteiger partial charge in [-0.25, -0.2) is 0 Å². The molecule has 4 heteroatoms. The van der Waals surface area contributed by atoms with Gasteiger partial charge in [0, 0.05) is 15.1 Å². The van der Waals surface area contributed by atoms with Crippen molar-refractivity contribution in [3.05, 3.63) is 62.6 Å². The van der Waals surface area contributed by atoms with Gasteiger partial charge in [-0.2, -0.15) is 0 Å². The average Bonchev–Trinajstić information content (AvgIpc) is 2.34. The van der Waals surface area contributed by atoms with E-state index in [-0.39, 0.29) is 5.91 Å². The summed E-state index contributed by atoms with van der Waals surface area (Å²) in [7, 11) is 0. The Morgan fingerprint density at radius 3 is 2.58 bits per heavy atom. The van der Waals surface area contributed by atoms with Crippen LogP contribution in [-0.2, 0) is 0 Å². The van der Waals surface area contributed by atoms with Crippen LogP contribution in [0.3, 0.4) is 0 Å². The Balaban J connectivity index is 2.28. The molecule has 0 radical (unpaired) electrons. The summed E-state index contributed by atoms with van der Waals surface area (Å²) in [4.78, 5) is 12.2. The minimum Gasteiger partial charge on any atom is -0.321 e. The Kier molecular flexibility index (Phi) is 4.27. The van der Waals surface area contributed by atoms with E-state index in [1.807, 2.05) is 32.0 Å². The Morgan fingerprint density at radius 2 is 1.89 bits per heavy atom. The molecule has 2 nitrogen and oxygen atoms in total. The molecule has 0 bridgehead atoms. The van der Waals surface area contributed by atoms with E-state index in [1.54, 1.807) is 18.2 Å². The number of halogens is 2. The van der Waals surface area contributed by atoms with Crippen LogP contribution in [0.5, 0.6) is 0 Å². The van der Waals surface area contributed by atoms with E-state index in [1.165, 1.54) is 0 Å². The van der Waals surface area contributed by atoms with E-state index in [0.29, 0.717) is 10.6 Å². The molecule has 2 rings (SSSR count). The van der Waals surface area contributed by atoms with Crippen LogP contribution in [0, 0.1) is 13.8 Å². The Morgan fingerprint density at radius 1 is 1.16 bits per heavy atom. The SMILES string of the molecule is Cc1cc(Cl)ccc1C(=O)Nc1cccc(C)c1Br. The Labute approximate surface area is 125 Å². The van der Waals surface area contributed by atoms with Gasteiger partial charge in [0.05, 0.1) is 5.69 Å². The molecule has 0 spiro atoms. The van der Waals surface area contributed by atoms with E-state index in [2.05, 4.69) is 21.2 Å². The van der Waals surface area contributed by atoms with Gasteiger partial charge in [-0.1, -0.05) is 23.7 Å². The predicted octanol–water partition coefficient (Wildman–Crippen LogP) is 4.97. The molecular formula is C15H13BrClNO. The predicted molar refractivity (Wildman–Crippen MR) is 83.0 cm³/mol. The third-order valence-electron chi connectivity index (χ3n) is 2.87. The maximum Gasteiger partial charge on any atom is 0.255 e. The molecular weight excluding hydrogens is 326 g/mol. The van der Waals surface area contributed by atoms with Gasteiger partial charge >= 0.3 is 0 Å². The van der Waals surface area contributed by atoms with Crippen molar-refractivity contribution >= 4 is 39.1 Å². The maximum atomic E-state index is 12.2. The molecule has 1 amide bonds. The summed E-state index contributed by atoms with van der Waals surface area (Å²) in [5.74, 6) is -0.138. The maximum absolute atomic E-state index is 12.2. The van der Waals surface area contributed by atoms with E-state index >= 15 is 0 Å². The van der Waals surface area contributed by atoms with E-state index in [0.717, 1.165) is 21.3 Å². The first-order valence-electron chi connectivity index (χ1n) is 5.81. The number of benzene rings is 2. The summed E-state index contributed by atoms with van der Waals surface area (Å²) in [5.41, 5.74) is 3.32. The third kappa shape index (κ3) is 3.17. The molecule has 0 fully saturated rings. The van der Waals surface area contributed by atoms with Gasteiger partial charge in [0.2, 0.25) is 0 Å². The lowest BCUT2D eigenvalue weighted by Gasteiger charge is -2.10. The normalized spacial score (nSPS) is 10.3. The van der Waals surface area contributed by atoms with Crippen LogP contribution >= 0.6 is 27.5 Å². The van der Waals surface area contributed by atoms with E-state index in [4.69, 9.17) is 11.6 Å². The van der Waals surface area contributed by atoms with Crippen LogP contribution < -0.4 is 5.32 Å². The molecule has 2 aromatic rings. The second-order valence-electron chi connectivity index (χ2n) is 4.35. The van der Waals surface area contributed by atoms with Crippen LogP contribution in [0.15, 0.2) is 40.9 Å². The van der Waals surface area contributed by atoms with Gasteiger partial charge in [0.25, 0.3) is 5.91 Å². The summed E-state index contributed by atoms with van der Waals surface area (Å²) in [6, 6.07) is 11.0. The summed E-state index contributed by atoms with van der Waals surface area (Å²) in [6.07, 6.45) is 0. The molecule has 98 valence electrons. The van der Waals surface area contributed by atoms with Crippen LogP contribution in [0.2, 0.25) is 5.02 Å². The number of rotatable bonds is 2. The van der Waals surface area contributed by atoms with Crippen LogP contribution in [0.4, 0.5) is 5.69 Å². The highest BCUT2D eigenvalue weighted by molar-refractivity contribution is 9.10. The smallest absolute Gasteiger partial charge is 0.255 e. The number of amides is 1. The highest BCUT2D eigenvalue weighted by atomic mass is 79.9. The van der Waals surface area contributed by atoms with E-state index in [9.17, 15) is 4.79 Å². The number of carbonyl (C=O) groups excluding carboxylic acids is 1. The van der Waals surface area contributed by atoms with Gasteiger partial charge in [-0.05, 0) is 65.2 Å². The summed E-state index contributed by atoms with van der Waals surface area (Å²) >= 11 is 9.36. The lowest BCUT2D eigenvalue weighted by Crippen LogP contribution is -2.13. The van der Waals surface area contributed by atoms with Crippen LogP contribution in [0.25, 0.3) is 0 Å². The molecule has 0 heterocycles. The second kappa shape index (κ2) is 5.76. The number of carbonyl (C=O) groups is 1. The van der Waals surface area contributed by atoms with Crippen molar-refractivity contribution in [2.75, 3.05) is 5.32 Å². The number of anilines is 1. The number of aryl methyl sites for hydroxylation is 2. The quantitative estimate of drug-likeness (QED) is 0.823. The van der Waals surface area contributed by atoms with Crippen molar-refractivity contribution in [2.24, 2.45) is 0 Å². The molecule has 0 saturated heterocycles. The van der Waals surface area contributed by atoms with Crippen LogP contribution in [0.1, 0.15) is 21.5 Å². The molecule has 0 aliphatic rings. The van der Waals surface area contributed by atoms with Gasteiger partial charge in [0.15, 0.2) is 0 Å². The Hall–Kier alpha value is -1.32. The highest BCUT2D eigenvalue weighted by Gasteiger charge is 2.11. The zero-order chi connectivity index (χ0) is 14.0. The van der Waals surface area contributed by atoms with Crippen molar-refractivity contribution in [1.29, 1.82) is 0 Å². The van der Waals surface area contributed by atoms with Crippen molar-refractivity contribution in [3.8, 4) is 0 Å². The molecule has 19 heavy (non-hydrogen) atoms. The van der Waals surface area contributed by atoms with Gasteiger partial charge < -0.3 is 5.32 Å². The number of nitrogens with one attached hydrogen (secondary N) is 1. The minimum absolute atomic E-state index is 0.138. The van der Waals surface area contributed by atoms with Crippen LogP contribution in [-0.4, -0.2) is 5.91 Å². The molecule has 0 saturated carbocycles. The Bertz CT molecular complexity index is 640. The molecule has 0 aromatic heterocycles. The van der Waals surface area contributed by atoms with Crippen molar-refractivity contribution in [3.63, 3.8) is 0 Å². The first-order valence-corrected chi connectivity index (χ1v) is 6.99. The van der Waals surface area contributed by atoms with Crippen molar-refractivity contribution < 1.29 is 4.79 Å². The van der Waals surface area contributed by atoms with Crippen molar-refractivity contribution in [2.45, 2.75) is 13.8 Å². The lowest BCUT2D eigenvalue weighted by molar-refractivity contribution is 0.102. The molecule has 2 aromatic carbocycles. The first kappa shape index (κ1) is 14.1. The largest absolute Gasteiger partial charge is 0.321 e. The standard InChI is InChI=1S/C15H13BrClNO/c1-9-4-3-5-13(14(9)16)18-15(19)12-7-6-11(17)8-10(12)2/h3-8H,1-2H3,(H,18,19). The molecule has 1 N–H and O–H groups in total. The molecule has 0 unspecified atom stereocenters. The molecule has 0 aliphatic heterocycles. The average molecular weight is 339 g/mol. The first-order chi connectivity index (χ1) is 8.99. The fraction of sp³-hybridized carbons (Fsp3) is 0.133. The van der Waals surface area contributed by atoms with Gasteiger partial charge in [-0.3, -0.25) is 4.79 Å². The molecule has 0 atom stereocenters. The minimum atomic E-state index is -0.138. The zero-order valence-electron chi connectivity index (χ0n) is 10.6. The summed E-state index contributed by atoms with van der Waals surface area (Å²) in [5, 5.41) is 3.53. The third-order valence-corrected chi connectivity index (χ3v) is 4.16. The number of hydrogen-bond acceptors (Lipinski definition) is 1. The lowest BCUT2D eigenvalue weighted by atomic mass is 10.1. The van der Waals surface area contributed by atoms with Crippen molar-refractivity contribution in [1.82, 2.24) is 0 Å². The summed E-state index contributed by atoms with van der Waals surface area (Å²) < 4.78 is 0.898. The zero-order valence-corrected chi connectivity index (χ0v) is 13.0. The van der Waals surface area contributed by atoms with E-state index < -0.39 is 0 Å². The monoisotopic (exact) mass is 337 g/mol. The van der Waals surface area contributed by atoms with Gasteiger partial charge in [0.1, 0.15) is 0 Å². The molecule has 0 aliphatic carbocycles. The van der Waals surface area contributed by atoms with Gasteiger partial charge in [-0.15, -0.1) is 0 Å². The topological polar surface area (TPSA) is 29.1 Å².